The molecule has 0 saturated carbocycles. The molecule has 16 aromatic rings. The first-order chi connectivity index (χ1) is 34.7. The van der Waals surface area contributed by atoms with Crippen molar-refractivity contribution in [1.82, 2.24) is 37.9 Å². The molecule has 7 aromatic heterocycles. The van der Waals surface area contributed by atoms with E-state index in [0.717, 1.165) is 139 Å². The second kappa shape index (κ2) is 13.9. The lowest BCUT2D eigenvalue weighted by Gasteiger charge is -2.10. The SMILES string of the molecule is c1ccc(-c2cc(-c3ccc4oc5ccc(-n6c7ccccc7n7c8ccccc8nc67)cc5c4c3)nc(-c3ccc4oc5ccc(-n6c7ccccc7n7c8ccccc8nc67)cc5c4c3)n2)cc1. The van der Waals surface area contributed by atoms with Gasteiger partial charge in [-0.15, -0.1) is 0 Å². The van der Waals surface area contributed by atoms with Crippen LogP contribution in [0.1, 0.15) is 0 Å². The maximum Gasteiger partial charge on any atom is 0.220 e. The number of para-hydroxylation sites is 8. The van der Waals surface area contributed by atoms with Crippen LogP contribution in [0.2, 0.25) is 0 Å². The first-order valence-corrected chi connectivity index (χ1v) is 23.3. The molecule has 0 saturated heterocycles. The Morgan fingerprint density at radius 3 is 1.26 bits per heavy atom. The highest BCUT2D eigenvalue weighted by molar-refractivity contribution is 6.09. The van der Waals surface area contributed by atoms with E-state index in [1.807, 2.05) is 42.5 Å². The highest BCUT2D eigenvalue weighted by Crippen LogP contribution is 2.39. The molecular weight excluding hydrogens is 865 g/mol. The van der Waals surface area contributed by atoms with E-state index >= 15 is 0 Å². The largest absolute Gasteiger partial charge is 0.456 e. The van der Waals surface area contributed by atoms with Crippen molar-refractivity contribution in [2.24, 2.45) is 0 Å². The smallest absolute Gasteiger partial charge is 0.220 e. The number of hydrogen-bond donors (Lipinski definition) is 0. The van der Waals surface area contributed by atoms with Crippen molar-refractivity contribution in [3.63, 3.8) is 0 Å². The second-order valence-corrected chi connectivity index (χ2v) is 17.9. The minimum atomic E-state index is 0.612. The van der Waals surface area contributed by atoms with E-state index in [4.69, 9.17) is 28.8 Å². The molecule has 0 unspecified atom stereocenters. The molecule has 9 aromatic carbocycles. The minimum Gasteiger partial charge on any atom is -0.456 e. The van der Waals surface area contributed by atoms with Crippen molar-refractivity contribution < 1.29 is 8.83 Å². The number of imidazole rings is 4. The lowest BCUT2D eigenvalue weighted by Crippen LogP contribution is -1.96. The van der Waals surface area contributed by atoms with Crippen molar-refractivity contribution in [2.75, 3.05) is 0 Å². The molecule has 10 nitrogen and oxygen atoms in total. The van der Waals surface area contributed by atoms with Gasteiger partial charge in [-0.25, -0.2) is 19.9 Å². The van der Waals surface area contributed by atoms with E-state index < -0.39 is 0 Å². The second-order valence-electron chi connectivity index (χ2n) is 17.9. The van der Waals surface area contributed by atoms with Crippen LogP contribution in [-0.4, -0.2) is 37.9 Å². The molecule has 0 bridgehead atoms. The van der Waals surface area contributed by atoms with Crippen LogP contribution in [0.3, 0.4) is 0 Å². The molecule has 0 radical (unpaired) electrons. The van der Waals surface area contributed by atoms with E-state index in [-0.39, 0.29) is 0 Å². The molecule has 0 aliphatic rings. The van der Waals surface area contributed by atoms with Crippen molar-refractivity contribution in [3.05, 3.63) is 206 Å². The zero-order valence-electron chi connectivity index (χ0n) is 37.0. The van der Waals surface area contributed by atoms with Crippen molar-refractivity contribution in [2.45, 2.75) is 0 Å². The van der Waals surface area contributed by atoms with Gasteiger partial charge in [-0.2, -0.15) is 0 Å². The van der Waals surface area contributed by atoms with Gasteiger partial charge in [-0.05, 0) is 127 Å². The fourth-order valence-corrected chi connectivity index (χ4v) is 10.8. The standard InChI is InChI=1S/C60H34N8O2/c1-2-12-35(13-3-1)46-34-47(36-22-26-54-40(30-36)42-32-38(24-28-56(42)69-54)65-50-18-8-10-20-52(50)67-48-16-6-4-14-44(48)63-59(65)67)62-58(61-46)37-23-27-55-41(31-37)43-33-39(25-29-57(43)70-55)66-51-19-9-11-21-53(51)68-49-17-7-5-15-45(49)64-60(66)68/h1-34H. The van der Waals surface area contributed by atoms with Crippen LogP contribution in [0.4, 0.5) is 0 Å². The van der Waals surface area contributed by atoms with Crippen LogP contribution in [-0.2, 0) is 0 Å². The molecule has 0 fully saturated rings. The average molecular weight is 899 g/mol. The van der Waals surface area contributed by atoms with Gasteiger partial charge in [0.1, 0.15) is 22.3 Å². The van der Waals surface area contributed by atoms with E-state index in [1.54, 1.807) is 0 Å². The topological polar surface area (TPSA) is 96.5 Å². The lowest BCUT2D eigenvalue weighted by atomic mass is 10.0. The van der Waals surface area contributed by atoms with Gasteiger partial charge < -0.3 is 8.83 Å². The molecule has 10 heteroatoms. The predicted molar refractivity (Wildman–Crippen MR) is 279 cm³/mol. The Kier molecular flexibility index (Phi) is 7.40. The number of nitrogens with zero attached hydrogens (tertiary/aromatic N) is 8. The number of furan rings is 2. The molecule has 0 atom stereocenters. The molecule has 326 valence electrons. The summed E-state index contributed by atoms with van der Waals surface area (Å²) in [4.78, 5) is 20.8. The van der Waals surface area contributed by atoms with Gasteiger partial charge in [-0.1, -0.05) is 78.9 Å². The van der Waals surface area contributed by atoms with E-state index in [2.05, 4.69) is 182 Å². The van der Waals surface area contributed by atoms with Crippen LogP contribution in [0, 0.1) is 0 Å². The first-order valence-electron chi connectivity index (χ1n) is 23.3. The summed E-state index contributed by atoms with van der Waals surface area (Å²) < 4.78 is 22.0. The Labute approximate surface area is 396 Å². The Bertz CT molecular complexity index is 4570. The summed E-state index contributed by atoms with van der Waals surface area (Å²) in [7, 11) is 0. The molecular formula is C60H34N8O2. The fourth-order valence-electron chi connectivity index (χ4n) is 10.8. The summed E-state index contributed by atoms with van der Waals surface area (Å²) in [6, 6.07) is 71.2. The summed E-state index contributed by atoms with van der Waals surface area (Å²) in [6.07, 6.45) is 0. The monoisotopic (exact) mass is 898 g/mol. The Balaban J connectivity index is 0.850. The zero-order valence-corrected chi connectivity index (χ0v) is 37.0. The van der Waals surface area contributed by atoms with Gasteiger partial charge in [0.05, 0.1) is 66.9 Å². The molecule has 0 N–H and O–H groups in total. The summed E-state index contributed by atoms with van der Waals surface area (Å²) in [5.74, 6) is 2.33. The normalized spacial score (nSPS) is 12.3. The number of hydrogen-bond acceptors (Lipinski definition) is 6. The van der Waals surface area contributed by atoms with Gasteiger partial charge in [0.2, 0.25) is 11.6 Å². The van der Waals surface area contributed by atoms with Crippen LogP contribution < -0.4 is 0 Å². The van der Waals surface area contributed by atoms with Gasteiger partial charge in [-0.3, -0.25) is 17.9 Å². The Morgan fingerprint density at radius 1 is 0.300 bits per heavy atom. The molecule has 16 rings (SSSR count). The maximum atomic E-state index is 6.50. The van der Waals surface area contributed by atoms with Crippen LogP contribution in [0.5, 0.6) is 0 Å². The van der Waals surface area contributed by atoms with Gasteiger partial charge in [0.15, 0.2) is 5.82 Å². The number of aromatic nitrogens is 8. The summed E-state index contributed by atoms with van der Waals surface area (Å²) in [5, 5.41) is 3.97. The van der Waals surface area contributed by atoms with Crippen molar-refractivity contribution >= 4 is 99.6 Å². The highest BCUT2D eigenvalue weighted by atomic mass is 16.3. The highest BCUT2D eigenvalue weighted by Gasteiger charge is 2.21. The fraction of sp³-hybridized carbons (Fsp3) is 0. The van der Waals surface area contributed by atoms with Crippen LogP contribution in [0.25, 0.3) is 145 Å². The van der Waals surface area contributed by atoms with E-state index in [0.29, 0.717) is 5.82 Å². The molecule has 0 aliphatic heterocycles. The summed E-state index contributed by atoms with van der Waals surface area (Å²) in [5.41, 5.74) is 18.0. The van der Waals surface area contributed by atoms with E-state index in [1.165, 1.54) is 0 Å². The van der Waals surface area contributed by atoms with Gasteiger partial charge >= 0.3 is 0 Å². The molecule has 7 heterocycles. The molecule has 0 aliphatic carbocycles. The van der Waals surface area contributed by atoms with Crippen LogP contribution in [0.15, 0.2) is 215 Å². The van der Waals surface area contributed by atoms with E-state index in [9.17, 15) is 0 Å². The average Bonchev–Trinajstić information content (AvgIpc) is 4.27. The first kappa shape index (κ1) is 37.3. The third-order valence-corrected chi connectivity index (χ3v) is 14.0. The zero-order chi connectivity index (χ0) is 45.6. The van der Waals surface area contributed by atoms with Gasteiger partial charge in [0, 0.05) is 38.2 Å². The predicted octanol–water partition coefficient (Wildman–Crippen LogP) is 14.8. The lowest BCUT2D eigenvalue weighted by molar-refractivity contribution is 0.668. The van der Waals surface area contributed by atoms with Gasteiger partial charge in [0.25, 0.3) is 0 Å². The summed E-state index contributed by atoms with van der Waals surface area (Å²) in [6.45, 7) is 0. The number of fused-ring (bicyclic) bond motifs is 16. The Morgan fingerprint density at radius 2 is 0.714 bits per heavy atom. The summed E-state index contributed by atoms with van der Waals surface area (Å²) >= 11 is 0. The number of rotatable bonds is 5. The molecule has 70 heavy (non-hydrogen) atoms. The quantitative estimate of drug-likeness (QED) is 0.171. The minimum absolute atomic E-state index is 0.612. The number of benzene rings is 9. The third-order valence-electron chi connectivity index (χ3n) is 14.0. The third kappa shape index (κ3) is 5.26. The van der Waals surface area contributed by atoms with Crippen molar-refractivity contribution in [1.29, 1.82) is 0 Å². The van der Waals surface area contributed by atoms with Crippen molar-refractivity contribution in [3.8, 4) is 45.3 Å². The molecule has 0 amide bonds. The maximum absolute atomic E-state index is 6.50. The Hall–Kier alpha value is -9.80. The molecule has 0 spiro atoms. The van der Waals surface area contributed by atoms with Crippen LogP contribution >= 0.6 is 0 Å².